The number of ether oxygens (including phenoxy) is 2. The second-order valence-corrected chi connectivity index (χ2v) is 8.31. The fraction of sp³-hybridized carbons (Fsp3) is 0.120. The number of alkyl halides is 2. The van der Waals surface area contributed by atoms with E-state index in [1.54, 1.807) is 0 Å². The Balaban J connectivity index is 1.65. The molecule has 0 bridgehead atoms. The van der Waals surface area contributed by atoms with Gasteiger partial charge in [-0.2, -0.15) is 13.5 Å². The van der Waals surface area contributed by atoms with Gasteiger partial charge in [-0.05, 0) is 17.7 Å². The monoisotopic (exact) mass is 544 g/mol. The summed E-state index contributed by atoms with van der Waals surface area (Å²) in [6, 6.07) is 12.8. The molecule has 2 aromatic heterocycles. The van der Waals surface area contributed by atoms with Crippen molar-refractivity contribution in [3.8, 4) is 22.6 Å². The van der Waals surface area contributed by atoms with E-state index in [4.69, 9.17) is 26.8 Å². The second kappa shape index (κ2) is 10.5. The summed E-state index contributed by atoms with van der Waals surface area (Å²) in [7, 11) is 0. The van der Waals surface area contributed by atoms with Crippen LogP contribution in [0.25, 0.3) is 22.0 Å². The molecule has 38 heavy (non-hydrogen) atoms. The maximum absolute atomic E-state index is 15.2. The molecule has 2 heterocycles. The number of fused-ring (bicyclic) bond motifs is 1. The Morgan fingerprint density at radius 2 is 1.71 bits per heavy atom. The van der Waals surface area contributed by atoms with Crippen molar-refractivity contribution in [3.05, 3.63) is 89.2 Å². The van der Waals surface area contributed by atoms with E-state index in [0.29, 0.717) is 4.68 Å². The highest BCUT2D eigenvalue weighted by Gasteiger charge is 2.24. The van der Waals surface area contributed by atoms with Crippen molar-refractivity contribution in [2.24, 2.45) is 0 Å². The predicted octanol–water partition coefficient (Wildman–Crippen LogP) is 5.96. The van der Waals surface area contributed by atoms with Crippen LogP contribution in [-0.2, 0) is 13.2 Å². The summed E-state index contributed by atoms with van der Waals surface area (Å²) in [6.45, 7) is -3.09. The Kier molecular flexibility index (Phi) is 6.97. The van der Waals surface area contributed by atoms with Crippen molar-refractivity contribution in [2.45, 2.75) is 19.8 Å². The van der Waals surface area contributed by atoms with Crippen LogP contribution in [0, 0.1) is 11.6 Å². The molecule has 5 aromatic rings. The molecule has 0 radical (unpaired) electrons. The lowest BCUT2D eigenvalue weighted by molar-refractivity contribution is 0.0555. The normalized spacial score (nSPS) is 11.3. The lowest BCUT2D eigenvalue weighted by atomic mass is 9.99. The molecular formula is C25H17ClF4N6O2. The zero-order valence-corrected chi connectivity index (χ0v) is 20.0. The van der Waals surface area contributed by atoms with E-state index in [9.17, 15) is 13.2 Å². The number of hydrogen-bond donors (Lipinski definition) is 1. The van der Waals surface area contributed by atoms with Gasteiger partial charge in [-0.15, -0.1) is 5.10 Å². The molecule has 0 aliphatic rings. The number of nitrogen functional groups attached to an aromatic ring is 1. The third kappa shape index (κ3) is 4.90. The summed E-state index contributed by atoms with van der Waals surface area (Å²) in [4.78, 5) is 12.1. The highest BCUT2D eigenvalue weighted by molar-refractivity contribution is 6.31. The summed E-state index contributed by atoms with van der Waals surface area (Å²) in [5.41, 5.74) is 7.12. The van der Waals surface area contributed by atoms with Gasteiger partial charge in [-0.3, -0.25) is 0 Å². The van der Waals surface area contributed by atoms with Gasteiger partial charge >= 0.3 is 6.55 Å². The quantitative estimate of drug-likeness (QED) is 0.190. The van der Waals surface area contributed by atoms with Gasteiger partial charge in [0.05, 0.1) is 16.5 Å². The standard InChI is InChI=1S/C25H17ClF4N6O2/c26-21-15(27)7-6-14(22(21)28)19-16(37-9-13-4-2-1-3-5-13)8-17(20-23(19)32-11-33-24(20)31)38-10-18-34-12-36(35-18)25(29)30/h1-8,11-12,25H,9-10H2,(H2,31,32,33). The van der Waals surface area contributed by atoms with Gasteiger partial charge in [0.15, 0.2) is 11.6 Å². The minimum atomic E-state index is -2.86. The molecule has 0 fully saturated rings. The zero-order chi connectivity index (χ0) is 26.8. The number of rotatable bonds is 8. The van der Waals surface area contributed by atoms with Crippen LogP contribution in [0.2, 0.25) is 5.02 Å². The number of nitrogens with zero attached hydrogens (tertiary/aromatic N) is 5. The Hall–Kier alpha value is -4.45. The minimum Gasteiger partial charge on any atom is -0.488 e. The van der Waals surface area contributed by atoms with Crippen molar-refractivity contribution < 1.29 is 27.0 Å². The van der Waals surface area contributed by atoms with Crippen LogP contribution in [0.4, 0.5) is 23.4 Å². The SMILES string of the molecule is Nc1ncnc2c(-c3ccc(F)c(Cl)c3F)c(OCc3ccccc3)cc(OCc3ncn(C(F)F)n3)c12. The third-order valence-electron chi connectivity index (χ3n) is 5.52. The number of hydrogen-bond acceptors (Lipinski definition) is 7. The molecule has 0 unspecified atom stereocenters. The molecule has 0 aliphatic carbocycles. The van der Waals surface area contributed by atoms with Crippen LogP contribution in [-0.4, -0.2) is 24.7 Å². The fourth-order valence-corrected chi connectivity index (χ4v) is 3.93. The first-order chi connectivity index (χ1) is 18.3. The molecule has 0 saturated carbocycles. The Labute approximate surface area is 217 Å². The summed E-state index contributed by atoms with van der Waals surface area (Å²) in [5.74, 6) is -1.78. The highest BCUT2D eigenvalue weighted by Crippen LogP contribution is 2.45. The average molecular weight is 545 g/mol. The van der Waals surface area contributed by atoms with E-state index >= 15 is 4.39 Å². The molecule has 3 aromatic carbocycles. The van der Waals surface area contributed by atoms with E-state index < -0.39 is 23.2 Å². The highest BCUT2D eigenvalue weighted by atomic mass is 35.5. The van der Waals surface area contributed by atoms with Crippen LogP contribution < -0.4 is 15.2 Å². The lowest BCUT2D eigenvalue weighted by Gasteiger charge is -2.18. The first-order valence-electron chi connectivity index (χ1n) is 11.0. The molecule has 0 spiro atoms. The van der Waals surface area contributed by atoms with Gasteiger partial charge < -0.3 is 15.2 Å². The van der Waals surface area contributed by atoms with Gasteiger partial charge in [0, 0.05) is 11.6 Å². The third-order valence-corrected chi connectivity index (χ3v) is 5.87. The maximum Gasteiger partial charge on any atom is 0.334 e. The minimum absolute atomic E-state index is 0.0134. The number of anilines is 1. The van der Waals surface area contributed by atoms with Gasteiger partial charge in [0.2, 0.25) is 0 Å². The predicted molar refractivity (Wildman–Crippen MR) is 131 cm³/mol. The fourth-order valence-electron chi connectivity index (χ4n) is 3.77. The van der Waals surface area contributed by atoms with Crippen molar-refractivity contribution in [1.82, 2.24) is 24.7 Å². The summed E-state index contributed by atoms with van der Waals surface area (Å²) in [6.07, 6.45) is 2.04. The second-order valence-electron chi connectivity index (χ2n) is 7.93. The van der Waals surface area contributed by atoms with Crippen molar-refractivity contribution in [3.63, 3.8) is 0 Å². The van der Waals surface area contributed by atoms with E-state index in [1.165, 1.54) is 18.5 Å². The average Bonchev–Trinajstić information content (AvgIpc) is 3.40. The van der Waals surface area contributed by atoms with Gasteiger partial charge in [-0.25, -0.2) is 23.7 Å². The summed E-state index contributed by atoms with van der Waals surface area (Å²) >= 11 is 5.87. The maximum atomic E-state index is 15.2. The first kappa shape index (κ1) is 25.2. The van der Waals surface area contributed by atoms with Crippen LogP contribution in [0.15, 0.2) is 61.2 Å². The summed E-state index contributed by atoms with van der Waals surface area (Å²) < 4.78 is 67.3. The molecule has 2 N–H and O–H groups in total. The molecule has 13 heteroatoms. The van der Waals surface area contributed by atoms with Crippen LogP contribution >= 0.6 is 11.6 Å². The molecule has 0 aliphatic heterocycles. The van der Waals surface area contributed by atoms with E-state index in [2.05, 4.69) is 20.1 Å². The van der Waals surface area contributed by atoms with Crippen LogP contribution in [0.5, 0.6) is 11.5 Å². The van der Waals surface area contributed by atoms with E-state index in [-0.39, 0.29) is 58.4 Å². The molecule has 0 atom stereocenters. The van der Waals surface area contributed by atoms with Gasteiger partial charge in [-0.1, -0.05) is 41.9 Å². The first-order valence-corrected chi connectivity index (χ1v) is 11.4. The largest absolute Gasteiger partial charge is 0.488 e. The Morgan fingerprint density at radius 1 is 0.947 bits per heavy atom. The molecule has 0 amide bonds. The van der Waals surface area contributed by atoms with Crippen molar-refractivity contribution >= 4 is 28.3 Å². The van der Waals surface area contributed by atoms with Crippen LogP contribution in [0.1, 0.15) is 17.9 Å². The smallest absolute Gasteiger partial charge is 0.334 e. The van der Waals surface area contributed by atoms with Gasteiger partial charge in [0.1, 0.15) is 54.0 Å². The van der Waals surface area contributed by atoms with E-state index in [1.807, 2.05) is 30.3 Å². The lowest BCUT2D eigenvalue weighted by Crippen LogP contribution is -2.06. The van der Waals surface area contributed by atoms with Crippen molar-refractivity contribution in [1.29, 1.82) is 0 Å². The topological polar surface area (TPSA) is 101 Å². The molecule has 8 nitrogen and oxygen atoms in total. The van der Waals surface area contributed by atoms with E-state index in [0.717, 1.165) is 18.0 Å². The molecule has 194 valence electrons. The molecule has 0 saturated heterocycles. The zero-order valence-electron chi connectivity index (χ0n) is 19.3. The Morgan fingerprint density at radius 3 is 2.45 bits per heavy atom. The molecular weight excluding hydrogens is 528 g/mol. The number of aromatic nitrogens is 5. The van der Waals surface area contributed by atoms with Gasteiger partial charge in [0.25, 0.3) is 0 Å². The number of halogens is 5. The number of nitrogens with two attached hydrogens (primary N) is 1. The van der Waals surface area contributed by atoms with Crippen molar-refractivity contribution in [2.75, 3.05) is 5.73 Å². The van der Waals surface area contributed by atoms with Crippen LogP contribution in [0.3, 0.4) is 0 Å². The molecule has 5 rings (SSSR count). The number of benzene rings is 3. The Bertz CT molecular complexity index is 1620. The summed E-state index contributed by atoms with van der Waals surface area (Å²) in [5, 5.41) is 3.14.